The van der Waals surface area contributed by atoms with Gasteiger partial charge in [0.2, 0.25) is 0 Å². The molecule has 6 heteroatoms. The van der Waals surface area contributed by atoms with Gasteiger partial charge in [-0.05, 0) is 81.5 Å². The van der Waals surface area contributed by atoms with Gasteiger partial charge in [0.15, 0.2) is 0 Å². The van der Waals surface area contributed by atoms with Crippen LogP contribution in [0.5, 0.6) is 0 Å². The van der Waals surface area contributed by atoms with Gasteiger partial charge < -0.3 is 16.0 Å². The van der Waals surface area contributed by atoms with Crippen molar-refractivity contribution >= 4 is 34.1 Å². The van der Waals surface area contributed by atoms with Crippen molar-refractivity contribution in [1.29, 1.82) is 0 Å². The fourth-order valence-electron chi connectivity index (χ4n) is 3.24. The predicted molar refractivity (Wildman–Crippen MR) is 178 cm³/mol. The molecule has 220 valence electrons. The summed E-state index contributed by atoms with van der Waals surface area (Å²) < 4.78 is 0. The number of hydrogen-bond acceptors (Lipinski definition) is 4. The molecule has 4 rings (SSSR count). The summed E-state index contributed by atoms with van der Waals surface area (Å²) in [5, 5.41) is 2.44. The zero-order valence-corrected chi connectivity index (χ0v) is 25.0. The van der Waals surface area contributed by atoms with Crippen LogP contribution in [0.1, 0.15) is 60.0 Å². The molecule has 0 heterocycles. The van der Waals surface area contributed by atoms with Crippen LogP contribution in [0.25, 0.3) is 0 Å². The average molecular weight is 576 g/mol. The number of amides is 1. The summed E-state index contributed by atoms with van der Waals surface area (Å²) in [7, 11) is 0. The first-order valence-corrected chi connectivity index (χ1v) is 13.8. The van der Waals surface area contributed by atoms with E-state index < -0.39 is 5.24 Å². The van der Waals surface area contributed by atoms with E-state index in [4.69, 9.17) is 17.3 Å². The molecule has 0 aliphatic rings. The number of aryl methyl sites for hydroxylation is 2. The molecule has 0 aromatic heterocycles. The molecule has 0 atom stereocenters. The Morgan fingerprint density at radius 3 is 1.37 bits per heavy atom. The third-order valence-electron chi connectivity index (χ3n) is 5.77. The van der Waals surface area contributed by atoms with Crippen molar-refractivity contribution < 1.29 is 9.59 Å². The number of rotatable bonds is 6. The third kappa shape index (κ3) is 16.7. The third-order valence-corrected chi connectivity index (χ3v) is 5.98. The van der Waals surface area contributed by atoms with Crippen molar-refractivity contribution in [2.75, 3.05) is 30.7 Å². The maximum absolute atomic E-state index is 11.8. The quantitative estimate of drug-likeness (QED) is 0.178. The summed E-state index contributed by atoms with van der Waals surface area (Å²) in [4.78, 5) is 24.6. The minimum atomic E-state index is -0.407. The number of carbonyl (C=O) groups is 2. The molecule has 0 fully saturated rings. The molecular formula is C35H46ClN3O2. The molecule has 0 aliphatic heterocycles. The van der Waals surface area contributed by atoms with Gasteiger partial charge in [0.25, 0.3) is 11.1 Å². The second-order valence-electron chi connectivity index (χ2n) is 8.86. The van der Waals surface area contributed by atoms with Crippen molar-refractivity contribution in [3.8, 4) is 0 Å². The maximum atomic E-state index is 11.8. The van der Waals surface area contributed by atoms with Crippen molar-refractivity contribution in [2.45, 2.75) is 42.0 Å². The highest BCUT2D eigenvalue weighted by molar-refractivity contribution is 6.67. The molecule has 41 heavy (non-hydrogen) atoms. The summed E-state index contributed by atoms with van der Waals surface area (Å²) in [6.45, 7) is 14.2. The van der Waals surface area contributed by atoms with Crippen LogP contribution in [0, 0.1) is 13.8 Å². The van der Waals surface area contributed by atoms with Gasteiger partial charge in [-0.25, -0.2) is 0 Å². The summed E-state index contributed by atoms with van der Waals surface area (Å²) in [5.74, 6) is -0.0792. The van der Waals surface area contributed by atoms with Gasteiger partial charge in [-0.2, -0.15) is 0 Å². The van der Waals surface area contributed by atoms with E-state index in [9.17, 15) is 9.59 Å². The molecule has 0 aliphatic carbocycles. The smallest absolute Gasteiger partial charge is 0.255 e. The molecule has 0 spiro atoms. The number of benzene rings is 4. The number of nitrogens with two attached hydrogens (primary N) is 1. The summed E-state index contributed by atoms with van der Waals surface area (Å²) in [6.07, 6.45) is 0. The Morgan fingerprint density at radius 1 is 0.659 bits per heavy atom. The molecule has 3 N–H and O–H groups in total. The van der Waals surface area contributed by atoms with Crippen LogP contribution in [-0.4, -0.2) is 35.7 Å². The van der Waals surface area contributed by atoms with E-state index >= 15 is 0 Å². The van der Waals surface area contributed by atoms with Gasteiger partial charge in [-0.15, -0.1) is 0 Å². The number of halogens is 1. The van der Waals surface area contributed by atoms with Gasteiger partial charge in [0.1, 0.15) is 0 Å². The fraction of sp³-hybridized carbons (Fsp3) is 0.257. The van der Waals surface area contributed by atoms with Gasteiger partial charge in [-0.1, -0.05) is 112 Å². The minimum absolute atomic E-state index is 0. The molecule has 0 saturated carbocycles. The number of carbonyl (C=O) groups excluding carboxylic acids is 2. The number of nitrogens with one attached hydrogen (secondary N) is 1. The van der Waals surface area contributed by atoms with Crippen LogP contribution in [0.15, 0.2) is 109 Å². The van der Waals surface area contributed by atoms with Gasteiger partial charge in [0, 0.05) is 22.5 Å². The first kappa shape index (κ1) is 37.1. The predicted octanol–water partition coefficient (Wildman–Crippen LogP) is 8.87. The van der Waals surface area contributed by atoms with E-state index in [-0.39, 0.29) is 13.3 Å². The molecular weight excluding hydrogens is 530 g/mol. The first-order valence-electron chi connectivity index (χ1n) is 13.4. The Kier molecular flexibility index (Phi) is 19.7. The topological polar surface area (TPSA) is 75.4 Å². The van der Waals surface area contributed by atoms with Gasteiger partial charge >= 0.3 is 0 Å². The van der Waals surface area contributed by atoms with Crippen LogP contribution in [0.4, 0.5) is 11.4 Å². The maximum Gasteiger partial charge on any atom is 0.255 e. The monoisotopic (exact) mass is 575 g/mol. The Hall–Kier alpha value is -3.93. The summed E-state index contributed by atoms with van der Waals surface area (Å²) >= 11 is 5.16. The minimum Gasteiger partial charge on any atom is -0.399 e. The molecule has 5 nitrogen and oxygen atoms in total. The van der Waals surface area contributed by atoms with Crippen molar-refractivity contribution in [1.82, 2.24) is 4.90 Å². The molecule has 0 saturated heterocycles. The van der Waals surface area contributed by atoms with E-state index in [1.807, 2.05) is 86.6 Å². The Labute approximate surface area is 252 Å². The second kappa shape index (κ2) is 21.8. The molecule has 0 radical (unpaired) electrons. The summed E-state index contributed by atoms with van der Waals surface area (Å²) in [6, 6.07) is 33.5. The van der Waals surface area contributed by atoms with Crippen molar-refractivity contribution in [2.24, 2.45) is 0 Å². The van der Waals surface area contributed by atoms with Crippen molar-refractivity contribution in [3.63, 3.8) is 0 Å². The van der Waals surface area contributed by atoms with Crippen LogP contribution in [0.3, 0.4) is 0 Å². The van der Waals surface area contributed by atoms with E-state index in [0.29, 0.717) is 11.1 Å². The second-order valence-corrected chi connectivity index (χ2v) is 9.20. The lowest BCUT2D eigenvalue weighted by atomic mass is 10.2. The number of hydrogen-bond donors (Lipinski definition) is 2. The molecule has 1 amide bonds. The number of nitrogen functional groups attached to an aromatic ring is 1. The fourth-order valence-corrected chi connectivity index (χ4v) is 3.36. The van der Waals surface area contributed by atoms with Crippen LogP contribution < -0.4 is 11.1 Å². The van der Waals surface area contributed by atoms with Crippen LogP contribution >= 0.6 is 11.6 Å². The normalized spacial score (nSPS) is 9.34. The van der Waals surface area contributed by atoms with E-state index in [2.05, 4.69) is 31.0 Å². The first-order chi connectivity index (χ1) is 19.2. The number of nitrogens with zero attached hydrogens (tertiary/aromatic N) is 1. The average Bonchev–Trinajstić information content (AvgIpc) is 2.98. The van der Waals surface area contributed by atoms with E-state index in [1.165, 1.54) is 30.8 Å². The molecule has 0 bridgehead atoms. The molecule has 4 aromatic rings. The molecule has 4 aromatic carbocycles. The lowest BCUT2D eigenvalue weighted by Crippen LogP contribution is -2.21. The van der Waals surface area contributed by atoms with Crippen LogP contribution in [0.2, 0.25) is 0 Å². The van der Waals surface area contributed by atoms with Gasteiger partial charge in [-0.3, -0.25) is 9.59 Å². The highest BCUT2D eigenvalue weighted by Crippen LogP contribution is 2.10. The summed E-state index contributed by atoms with van der Waals surface area (Å²) in [5.41, 5.74) is 10.7. The zero-order valence-electron chi connectivity index (χ0n) is 24.2. The van der Waals surface area contributed by atoms with Gasteiger partial charge in [0.05, 0.1) is 0 Å². The Bertz CT molecular complexity index is 1200. The Balaban J connectivity index is 0.000000552. The SMILES string of the molecule is C.CCN(CC)CC.Cc1ccc(N)cc1.Cc1ccc(NC(=O)c2ccccc2)cc1.O=C(Cl)c1ccccc1. The lowest BCUT2D eigenvalue weighted by molar-refractivity contribution is 0.102. The van der Waals surface area contributed by atoms with E-state index in [1.54, 1.807) is 36.4 Å². The zero-order chi connectivity index (χ0) is 29.8. The van der Waals surface area contributed by atoms with Crippen LogP contribution in [-0.2, 0) is 0 Å². The lowest BCUT2D eigenvalue weighted by Gasteiger charge is -2.13. The van der Waals surface area contributed by atoms with Crippen molar-refractivity contribution in [3.05, 3.63) is 131 Å². The van der Waals surface area contributed by atoms with E-state index in [0.717, 1.165) is 11.4 Å². The highest BCUT2D eigenvalue weighted by Gasteiger charge is 2.04. The highest BCUT2D eigenvalue weighted by atomic mass is 35.5. The standard InChI is InChI=1S/C14H13NO.C7H5ClO.C7H9N.C6H15N.CH4/c1-11-7-9-13(10-8-11)15-14(16)12-5-3-2-4-6-12;8-7(9)6-4-2-1-3-5-6;1-6-2-4-7(8)5-3-6;1-4-7(5-2)6-3;/h2-10H,1H3,(H,15,16);1-5H;2-5H,8H2,1H3;4-6H2,1-3H3;1H4. The largest absolute Gasteiger partial charge is 0.399 e. The Morgan fingerprint density at radius 2 is 1.05 bits per heavy atom. The number of anilines is 2. The molecule has 0 unspecified atom stereocenters.